The molecular formula is C40H27N5. The Morgan fingerprint density at radius 3 is 1.78 bits per heavy atom. The van der Waals surface area contributed by atoms with Gasteiger partial charge in [0.2, 0.25) is 0 Å². The Morgan fingerprint density at radius 2 is 1.07 bits per heavy atom. The average Bonchev–Trinajstić information content (AvgIpc) is 3.12. The molecule has 0 aliphatic carbocycles. The van der Waals surface area contributed by atoms with Gasteiger partial charge in [0.25, 0.3) is 0 Å². The molecule has 8 rings (SSSR count). The van der Waals surface area contributed by atoms with Crippen molar-refractivity contribution in [3.05, 3.63) is 152 Å². The van der Waals surface area contributed by atoms with Crippen LogP contribution in [0.25, 0.3) is 78.1 Å². The minimum atomic E-state index is 0.650. The first kappa shape index (κ1) is 26.5. The highest BCUT2D eigenvalue weighted by Crippen LogP contribution is 2.35. The SMILES string of the molecule is Cc1cc(-c2nc(-c3ccccc3)cc(-c3ccc(-c4ccccc4)cc3)n2)c2ccc3ccc(-c4cccnc4)nc3c2n1. The highest BCUT2D eigenvalue weighted by molar-refractivity contribution is 6.08. The van der Waals surface area contributed by atoms with Crippen molar-refractivity contribution in [2.75, 3.05) is 0 Å². The van der Waals surface area contributed by atoms with Crippen LogP contribution in [0.4, 0.5) is 0 Å². The fourth-order valence-corrected chi connectivity index (χ4v) is 5.80. The number of aromatic nitrogens is 5. The summed E-state index contributed by atoms with van der Waals surface area (Å²) in [6.45, 7) is 2.01. The molecule has 0 saturated carbocycles. The van der Waals surface area contributed by atoms with Crippen molar-refractivity contribution in [2.45, 2.75) is 6.92 Å². The normalized spacial score (nSPS) is 11.2. The lowest BCUT2D eigenvalue weighted by Crippen LogP contribution is -1.99. The zero-order valence-corrected chi connectivity index (χ0v) is 24.6. The first-order valence-corrected chi connectivity index (χ1v) is 14.9. The third kappa shape index (κ3) is 5.11. The van der Waals surface area contributed by atoms with Gasteiger partial charge in [0.15, 0.2) is 5.82 Å². The molecule has 0 saturated heterocycles. The monoisotopic (exact) mass is 577 g/mol. The number of rotatable bonds is 5. The highest BCUT2D eigenvalue weighted by Gasteiger charge is 2.16. The Bertz CT molecular complexity index is 2300. The van der Waals surface area contributed by atoms with Crippen LogP contribution in [0.15, 0.2) is 146 Å². The second-order valence-electron chi connectivity index (χ2n) is 11.1. The highest BCUT2D eigenvalue weighted by atomic mass is 14.9. The van der Waals surface area contributed by atoms with Crippen LogP contribution in [0.5, 0.6) is 0 Å². The van der Waals surface area contributed by atoms with Crippen molar-refractivity contribution >= 4 is 21.8 Å². The van der Waals surface area contributed by atoms with Gasteiger partial charge in [-0.05, 0) is 48.4 Å². The predicted molar refractivity (Wildman–Crippen MR) is 182 cm³/mol. The molecule has 0 amide bonds. The van der Waals surface area contributed by atoms with Crippen LogP contribution in [0, 0.1) is 6.92 Å². The fourth-order valence-electron chi connectivity index (χ4n) is 5.80. The van der Waals surface area contributed by atoms with Crippen molar-refractivity contribution in [3.63, 3.8) is 0 Å². The summed E-state index contributed by atoms with van der Waals surface area (Å²) in [6, 6.07) is 45.7. The molecule has 8 aromatic rings. The van der Waals surface area contributed by atoms with Crippen LogP contribution in [0.3, 0.4) is 0 Å². The zero-order chi connectivity index (χ0) is 30.2. The lowest BCUT2D eigenvalue weighted by Gasteiger charge is -2.13. The van der Waals surface area contributed by atoms with Gasteiger partial charge in [-0.2, -0.15) is 0 Å². The number of fused-ring (bicyclic) bond motifs is 3. The summed E-state index contributed by atoms with van der Waals surface area (Å²) in [4.78, 5) is 24.7. The molecule has 0 aliphatic heterocycles. The second kappa shape index (κ2) is 11.2. The summed E-state index contributed by atoms with van der Waals surface area (Å²) in [5, 5.41) is 1.98. The van der Waals surface area contributed by atoms with Crippen LogP contribution in [-0.4, -0.2) is 24.9 Å². The van der Waals surface area contributed by atoms with Crippen molar-refractivity contribution < 1.29 is 0 Å². The van der Waals surface area contributed by atoms with E-state index in [2.05, 4.69) is 96.0 Å². The number of pyridine rings is 3. The van der Waals surface area contributed by atoms with Crippen molar-refractivity contribution in [3.8, 4) is 56.3 Å². The minimum absolute atomic E-state index is 0.650. The Kier molecular flexibility index (Phi) is 6.61. The van der Waals surface area contributed by atoms with E-state index in [9.17, 15) is 0 Å². The topological polar surface area (TPSA) is 64.5 Å². The van der Waals surface area contributed by atoms with E-state index in [1.54, 1.807) is 6.20 Å². The van der Waals surface area contributed by atoms with Crippen molar-refractivity contribution in [1.29, 1.82) is 0 Å². The van der Waals surface area contributed by atoms with Gasteiger partial charge >= 0.3 is 0 Å². The first-order valence-electron chi connectivity index (χ1n) is 14.9. The molecule has 212 valence electrons. The third-order valence-corrected chi connectivity index (χ3v) is 8.05. The molecule has 0 bridgehead atoms. The van der Waals surface area contributed by atoms with Gasteiger partial charge < -0.3 is 0 Å². The predicted octanol–water partition coefficient (Wildman–Crippen LogP) is 9.61. The van der Waals surface area contributed by atoms with Gasteiger partial charge in [0, 0.05) is 51.1 Å². The number of hydrogen-bond acceptors (Lipinski definition) is 5. The van der Waals surface area contributed by atoms with Crippen molar-refractivity contribution in [1.82, 2.24) is 24.9 Å². The maximum Gasteiger partial charge on any atom is 0.161 e. The number of nitrogens with zero attached hydrogens (tertiary/aromatic N) is 5. The molecule has 4 aromatic heterocycles. The van der Waals surface area contributed by atoms with Crippen LogP contribution in [0.2, 0.25) is 0 Å². The quantitative estimate of drug-likeness (QED) is 0.191. The summed E-state index contributed by atoms with van der Waals surface area (Å²) in [6.07, 6.45) is 3.60. The molecule has 0 aliphatic rings. The average molecular weight is 578 g/mol. The zero-order valence-electron chi connectivity index (χ0n) is 24.6. The van der Waals surface area contributed by atoms with E-state index in [0.717, 1.165) is 72.4 Å². The smallest absolute Gasteiger partial charge is 0.161 e. The van der Waals surface area contributed by atoms with E-state index in [0.29, 0.717) is 5.82 Å². The summed E-state index contributed by atoms with van der Waals surface area (Å²) in [5.41, 5.74) is 11.4. The lowest BCUT2D eigenvalue weighted by molar-refractivity contribution is 1.17. The molecule has 0 N–H and O–H groups in total. The van der Waals surface area contributed by atoms with Crippen LogP contribution in [-0.2, 0) is 0 Å². The second-order valence-corrected chi connectivity index (χ2v) is 11.1. The first-order chi connectivity index (χ1) is 22.2. The molecule has 4 heterocycles. The molecule has 45 heavy (non-hydrogen) atoms. The molecule has 0 radical (unpaired) electrons. The Morgan fingerprint density at radius 1 is 0.444 bits per heavy atom. The van der Waals surface area contributed by atoms with E-state index in [1.165, 1.54) is 5.56 Å². The maximum absolute atomic E-state index is 5.17. The largest absolute Gasteiger partial charge is 0.264 e. The molecule has 0 fully saturated rings. The van der Waals surface area contributed by atoms with Gasteiger partial charge in [-0.25, -0.2) is 15.0 Å². The Hall–Kier alpha value is -6.07. The maximum atomic E-state index is 5.17. The standard InChI is InChI=1S/C40H27N5/c1-26-23-34(33-20-18-31-19-21-35(32-13-8-22-41-25-32)43-38(31)39(33)42-26)40-44-36(29-11-6-3-7-12-29)24-37(45-40)30-16-14-28(15-17-30)27-9-4-2-5-10-27/h2-25H,1H3. The minimum Gasteiger partial charge on any atom is -0.264 e. The summed E-state index contributed by atoms with van der Waals surface area (Å²) in [5.74, 6) is 0.650. The van der Waals surface area contributed by atoms with Gasteiger partial charge in [-0.1, -0.05) is 103 Å². The molecule has 0 unspecified atom stereocenters. The lowest BCUT2D eigenvalue weighted by atomic mass is 10.0. The van der Waals surface area contributed by atoms with Gasteiger partial charge in [0.1, 0.15) is 0 Å². The van der Waals surface area contributed by atoms with E-state index >= 15 is 0 Å². The molecule has 5 heteroatoms. The van der Waals surface area contributed by atoms with Gasteiger partial charge in [0.05, 0.1) is 28.1 Å². The molecule has 0 spiro atoms. The number of hydrogen-bond donors (Lipinski definition) is 0. The third-order valence-electron chi connectivity index (χ3n) is 8.05. The van der Waals surface area contributed by atoms with E-state index in [-0.39, 0.29) is 0 Å². The summed E-state index contributed by atoms with van der Waals surface area (Å²) >= 11 is 0. The Labute approximate surface area is 261 Å². The van der Waals surface area contributed by atoms with Crippen LogP contribution >= 0.6 is 0 Å². The summed E-state index contributed by atoms with van der Waals surface area (Å²) in [7, 11) is 0. The van der Waals surface area contributed by atoms with Gasteiger partial charge in [-0.15, -0.1) is 0 Å². The molecule has 4 aromatic carbocycles. The fraction of sp³-hybridized carbons (Fsp3) is 0.0250. The van der Waals surface area contributed by atoms with Crippen molar-refractivity contribution in [2.24, 2.45) is 0 Å². The Balaban J connectivity index is 1.32. The van der Waals surface area contributed by atoms with E-state index in [1.807, 2.05) is 55.6 Å². The molecular weight excluding hydrogens is 550 g/mol. The number of benzene rings is 4. The van der Waals surface area contributed by atoms with E-state index < -0.39 is 0 Å². The number of aryl methyl sites for hydroxylation is 1. The van der Waals surface area contributed by atoms with E-state index in [4.69, 9.17) is 19.9 Å². The molecule has 5 nitrogen and oxygen atoms in total. The van der Waals surface area contributed by atoms with Crippen LogP contribution in [0.1, 0.15) is 5.69 Å². The van der Waals surface area contributed by atoms with Gasteiger partial charge in [-0.3, -0.25) is 9.97 Å². The van der Waals surface area contributed by atoms with Crippen LogP contribution < -0.4 is 0 Å². The molecule has 0 atom stereocenters. The summed E-state index contributed by atoms with van der Waals surface area (Å²) < 4.78 is 0.